The molecule has 1 aromatic rings. The van der Waals surface area contributed by atoms with Crippen LogP contribution in [0, 0.1) is 5.82 Å². The first-order valence-corrected chi connectivity index (χ1v) is 7.49. The smallest absolute Gasteiger partial charge is 0.123 e. The highest BCUT2D eigenvalue weighted by Crippen LogP contribution is 2.17. The Morgan fingerprint density at radius 2 is 2.11 bits per heavy atom. The van der Waals surface area contributed by atoms with Gasteiger partial charge in [-0.25, -0.2) is 4.39 Å². The molecule has 1 aliphatic heterocycles. The zero-order valence-electron chi connectivity index (χ0n) is 10.9. The van der Waals surface area contributed by atoms with Crippen LogP contribution in [0.2, 0.25) is 0 Å². The van der Waals surface area contributed by atoms with Crippen LogP contribution in [-0.2, 0) is 6.54 Å². The fourth-order valence-corrected chi connectivity index (χ4v) is 2.77. The number of benzene rings is 1. The predicted octanol–water partition coefficient (Wildman–Crippen LogP) is 2.13. The molecule has 0 spiro atoms. The topological polar surface area (TPSA) is 35.5 Å². The van der Waals surface area contributed by atoms with Crippen LogP contribution in [0.5, 0.6) is 0 Å². The van der Waals surface area contributed by atoms with E-state index in [1.165, 1.54) is 25.0 Å². The molecular formula is C14H20BrFN2O. The second-order valence-corrected chi connectivity index (χ2v) is 5.88. The van der Waals surface area contributed by atoms with E-state index >= 15 is 0 Å². The maximum Gasteiger partial charge on any atom is 0.123 e. The first kappa shape index (κ1) is 14.9. The minimum Gasteiger partial charge on any atom is -0.390 e. The highest BCUT2D eigenvalue weighted by Gasteiger charge is 2.15. The monoisotopic (exact) mass is 330 g/mol. The van der Waals surface area contributed by atoms with Crippen molar-refractivity contribution in [3.63, 3.8) is 0 Å². The number of aliphatic hydroxyl groups is 1. The summed E-state index contributed by atoms with van der Waals surface area (Å²) in [5.74, 6) is -0.238. The lowest BCUT2D eigenvalue weighted by Gasteiger charge is -2.19. The van der Waals surface area contributed by atoms with Gasteiger partial charge < -0.3 is 15.3 Å². The summed E-state index contributed by atoms with van der Waals surface area (Å²) < 4.78 is 14.0. The Labute approximate surface area is 121 Å². The van der Waals surface area contributed by atoms with E-state index < -0.39 is 0 Å². The fourth-order valence-electron chi connectivity index (χ4n) is 2.38. The Balaban J connectivity index is 1.71. The van der Waals surface area contributed by atoms with E-state index in [0.717, 1.165) is 29.7 Å². The molecule has 1 heterocycles. The van der Waals surface area contributed by atoms with Crippen LogP contribution in [0.25, 0.3) is 0 Å². The molecule has 1 aliphatic rings. The number of nitrogens with one attached hydrogen (secondary N) is 1. The first-order valence-electron chi connectivity index (χ1n) is 6.70. The highest BCUT2D eigenvalue weighted by atomic mass is 79.9. The van der Waals surface area contributed by atoms with Gasteiger partial charge in [0.2, 0.25) is 0 Å². The third-order valence-corrected chi connectivity index (χ3v) is 4.14. The molecular weight excluding hydrogens is 311 g/mol. The van der Waals surface area contributed by atoms with Gasteiger partial charge in [-0.3, -0.25) is 0 Å². The lowest BCUT2D eigenvalue weighted by Crippen LogP contribution is -2.36. The maximum atomic E-state index is 13.1. The second-order valence-electron chi connectivity index (χ2n) is 5.03. The van der Waals surface area contributed by atoms with Gasteiger partial charge in [-0.05, 0) is 49.7 Å². The van der Waals surface area contributed by atoms with Crippen molar-refractivity contribution in [1.82, 2.24) is 10.2 Å². The molecule has 1 unspecified atom stereocenters. The summed E-state index contributed by atoms with van der Waals surface area (Å²) in [6.07, 6.45) is 2.10. The normalized spacial score (nSPS) is 17.8. The molecule has 2 N–H and O–H groups in total. The van der Waals surface area contributed by atoms with E-state index in [4.69, 9.17) is 0 Å². The summed E-state index contributed by atoms with van der Waals surface area (Å²) in [6, 6.07) is 4.63. The minimum absolute atomic E-state index is 0.238. The lowest BCUT2D eigenvalue weighted by molar-refractivity contribution is 0.123. The van der Waals surface area contributed by atoms with Gasteiger partial charge in [-0.1, -0.05) is 15.9 Å². The molecule has 0 bridgehead atoms. The standard InChI is InChI=1S/C14H20BrFN2O/c15-14-4-3-12(16)7-11(14)8-17-9-13(19)10-18-5-1-2-6-18/h3-4,7,13,17,19H,1-2,5-6,8-10H2. The van der Waals surface area contributed by atoms with Crippen LogP contribution in [0.4, 0.5) is 4.39 Å². The van der Waals surface area contributed by atoms with Gasteiger partial charge >= 0.3 is 0 Å². The van der Waals surface area contributed by atoms with E-state index in [9.17, 15) is 9.50 Å². The summed E-state index contributed by atoms with van der Waals surface area (Å²) in [6.45, 7) is 3.98. The van der Waals surface area contributed by atoms with Gasteiger partial charge in [0.25, 0.3) is 0 Å². The molecule has 5 heteroatoms. The van der Waals surface area contributed by atoms with Crippen molar-refractivity contribution in [2.75, 3.05) is 26.2 Å². The van der Waals surface area contributed by atoms with Crippen LogP contribution >= 0.6 is 15.9 Å². The number of rotatable bonds is 6. The average molecular weight is 331 g/mol. The molecule has 2 rings (SSSR count). The van der Waals surface area contributed by atoms with Crippen molar-refractivity contribution in [3.05, 3.63) is 34.1 Å². The maximum absolute atomic E-state index is 13.1. The predicted molar refractivity (Wildman–Crippen MR) is 77.5 cm³/mol. The number of β-amino-alcohol motifs (C(OH)–C–C–N with tert-alkyl or cyclic N) is 1. The summed E-state index contributed by atoms with van der Waals surface area (Å²) in [4.78, 5) is 2.28. The van der Waals surface area contributed by atoms with Gasteiger partial charge in [0, 0.05) is 24.1 Å². The van der Waals surface area contributed by atoms with Crippen LogP contribution in [0.15, 0.2) is 22.7 Å². The molecule has 3 nitrogen and oxygen atoms in total. The molecule has 1 aromatic carbocycles. The average Bonchev–Trinajstić information content (AvgIpc) is 2.86. The molecule has 1 fully saturated rings. The lowest BCUT2D eigenvalue weighted by atomic mass is 10.2. The number of likely N-dealkylation sites (tertiary alicyclic amines) is 1. The van der Waals surface area contributed by atoms with Crippen molar-refractivity contribution < 1.29 is 9.50 Å². The fraction of sp³-hybridized carbons (Fsp3) is 0.571. The summed E-state index contributed by atoms with van der Waals surface area (Å²) in [5, 5.41) is 13.1. The van der Waals surface area contributed by atoms with Gasteiger partial charge in [0.15, 0.2) is 0 Å². The van der Waals surface area contributed by atoms with Crippen molar-refractivity contribution >= 4 is 15.9 Å². The Morgan fingerprint density at radius 1 is 1.37 bits per heavy atom. The van der Waals surface area contributed by atoms with Crippen LogP contribution < -0.4 is 5.32 Å². The van der Waals surface area contributed by atoms with E-state index in [1.807, 2.05) is 0 Å². The molecule has 0 aliphatic carbocycles. The third kappa shape index (κ3) is 4.84. The van der Waals surface area contributed by atoms with E-state index in [1.54, 1.807) is 6.07 Å². The molecule has 1 saturated heterocycles. The number of nitrogens with zero attached hydrogens (tertiary/aromatic N) is 1. The van der Waals surface area contributed by atoms with Crippen molar-refractivity contribution in [1.29, 1.82) is 0 Å². The molecule has 0 radical (unpaired) electrons. The summed E-state index contributed by atoms with van der Waals surface area (Å²) >= 11 is 3.39. The summed E-state index contributed by atoms with van der Waals surface area (Å²) in [7, 11) is 0. The zero-order valence-corrected chi connectivity index (χ0v) is 12.5. The molecule has 0 aromatic heterocycles. The Kier molecular flexibility index (Phi) is 5.76. The van der Waals surface area contributed by atoms with Crippen LogP contribution in [0.1, 0.15) is 18.4 Å². The van der Waals surface area contributed by atoms with Crippen molar-refractivity contribution in [3.8, 4) is 0 Å². The van der Waals surface area contributed by atoms with Crippen LogP contribution in [0.3, 0.4) is 0 Å². The Bertz CT molecular complexity index is 410. The highest BCUT2D eigenvalue weighted by molar-refractivity contribution is 9.10. The molecule has 19 heavy (non-hydrogen) atoms. The number of hydrogen-bond donors (Lipinski definition) is 2. The quantitative estimate of drug-likeness (QED) is 0.838. The zero-order chi connectivity index (χ0) is 13.7. The van der Waals surface area contributed by atoms with Gasteiger partial charge in [0.05, 0.1) is 6.10 Å². The summed E-state index contributed by atoms with van der Waals surface area (Å²) in [5.41, 5.74) is 0.869. The minimum atomic E-state index is -0.370. The Morgan fingerprint density at radius 3 is 2.84 bits per heavy atom. The number of halogens is 2. The second kappa shape index (κ2) is 7.33. The molecule has 0 amide bonds. The van der Waals surface area contributed by atoms with Gasteiger partial charge in [-0.2, -0.15) is 0 Å². The van der Waals surface area contributed by atoms with E-state index in [2.05, 4.69) is 26.1 Å². The number of hydrogen-bond acceptors (Lipinski definition) is 3. The SMILES string of the molecule is OC(CNCc1cc(F)ccc1Br)CN1CCCC1. The van der Waals surface area contributed by atoms with E-state index in [0.29, 0.717) is 13.1 Å². The van der Waals surface area contributed by atoms with Gasteiger partial charge in [0.1, 0.15) is 5.82 Å². The van der Waals surface area contributed by atoms with Gasteiger partial charge in [-0.15, -0.1) is 0 Å². The first-order chi connectivity index (χ1) is 9.15. The van der Waals surface area contributed by atoms with Crippen LogP contribution in [-0.4, -0.2) is 42.3 Å². The molecule has 1 atom stereocenters. The van der Waals surface area contributed by atoms with E-state index in [-0.39, 0.29) is 11.9 Å². The molecule has 0 saturated carbocycles. The van der Waals surface area contributed by atoms with Crippen molar-refractivity contribution in [2.45, 2.75) is 25.5 Å². The van der Waals surface area contributed by atoms with Crippen molar-refractivity contribution in [2.24, 2.45) is 0 Å². The number of aliphatic hydroxyl groups excluding tert-OH is 1. The Hall–Kier alpha value is -0.490. The third-order valence-electron chi connectivity index (χ3n) is 3.37. The molecule has 106 valence electrons. The largest absolute Gasteiger partial charge is 0.390 e.